The molecule has 2 rings (SSSR count). The summed E-state index contributed by atoms with van der Waals surface area (Å²) in [5, 5.41) is 0. The summed E-state index contributed by atoms with van der Waals surface area (Å²) in [7, 11) is 3.21. The fourth-order valence-electron chi connectivity index (χ4n) is 1.69. The number of nitrogens with zero attached hydrogens (tertiary/aromatic N) is 1. The van der Waals surface area contributed by atoms with Crippen molar-refractivity contribution in [2.24, 2.45) is 7.05 Å². The second-order valence-electron chi connectivity index (χ2n) is 3.77. The van der Waals surface area contributed by atoms with Crippen molar-refractivity contribution in [3.05, 3.63) is 54.4 Å². The van der Waals surface area contributed by atoms with Gasteiger partial charge >= 0.3 is 5.97 Å². The first kappa shape index (κ1) is 11.3. The number of hydrogen-bond donors (Lipinski definition) is 0. The molecular weight excluding hydrogens is 214 g/mol. The monoisotopic (exact) mass is 228 g/mol. The van der Waals surface area contributed by atoms with Crippen molar-refractivity contribution in [2.75, 3.05) is 7.11 Å². The zero-order valence-corrected chi connectivity index (χ0v) is 9.88. The van der Waals surface area contributed by atoms with Gasteiger partial charge in [-0.15, -0.1) is 0 Å². The lowest BCUT2D eigenvalue weighted by Gasteiger charge is -2.02. The normalized spacial score (nSPS) is 10.0. The van der Waals surface area contributed by atoms with E-state index < -0.39 is 0 Å². The van der Waals surface area contributed by atoms with Crippen molar-refractivity contribution in [1.82, 2.24) is 0 Å². The van der Waals surface area contributed by atoms with Gasteiger partial charge in [0.05, 0.1) is 7.11 Å². The Kier molecular flexibility index (Phi) is 3.19. The Balaban J connectivity index is 2.48. The van der Waals surface area contributed by atoms with Crippen LogP contribution in [0.2, 0.25) is 0 Å². The Labute approximate surface area is 100 Å². The lowest BCUT2D eigenvalue weighted by Crippen LogP contribution is -2.36. The highest BCUT2D eigenvalue weighted by molar-refractivity contribution is 5.87. The zero-order valence-electron chi connectivity index (χ0n) is 9.88. The Bertz CT molecular complexity index is 535. The molecular formula is C14H14NO2+. The summed E-state index contributed by atoms with van der Waals surface area (Å²) in [6, 6.07) is 13.7. The van der Waals surface area contributed by atoms with Gasteiger partial charge in [-0.25, -0.2) is 4.79 Å². The number of hydrogen-bond acceptors (Lipinski definition) is 2. The molecule has 0 N–H and O–H groups in total. The van der Waals surface area contributed by atoms with Gasteiger partial charge in [-0.3, -0.25) is 0 Å². The molecule has 0 fully saturated rings. The third kappa shape index (κ3) is 2.33. The summed E-state index contributed by atoms with van der Waals surface area (Å²) >= 11 is 0. The van der Waals surface area contributed by atoms with E-state index in [2.05, 4.69) is 0 Å². The van der Waals surface area contributed by atoms with Crippen LogP contribution >= 0.6 is 0 Å². The number of ether oxygens (including phenoxy) is 1. The summed E-state index contributed by atoms with van der Waals surface area (Å²) in [6.45, 7) is 0. The third-order valence-corrected chi connectivity index (χ3v) is 2.65. The van der Waals surface area contributed by atoms with Crippen molar-refractivity contribution >= 4 is 5.97 Å². The van der Waals surface area contributed by atoms with Crippen LogP contribution in [-0.2, 0) is 11.8 Å². The number of carbonyl (C=O) groups is 1. The predicted molar refractivity (Wildman–Crippen MR) is 64.4 cm³/mol. The largest absolute Gasteiger partial charge is 0.461 e. The Hall–Kier alpha value is -2.16. The SMILES string of the molecule is COC(=O)c1cc(-c2ccccc2)cc[n+]1C. The van der Waals surface area contributed by atoms with Crippen LogP contribution in [0.1, 0.15) is 10.5 Å². The highest BCUT2D eigenvalue weighted by Crippen LogP contribution is 2.18. The molecule has 0 saturated heterocycles. The second kappa shape index (κ2) is 4.78. The third-order valence-electron chi connectivity index (χ3n) is 2.65. The molecule has 0 unspecified atom stereocenters. The molecule has 0 bridgehead atoms. The summed E-state index contributed by atoms with van der Waals surface area (Å²) in [5.41, 5.74) is 2.62. The van der Waals surface area contributed by atoms with Crippen LogP contribution in [0.25, 0.3) is 11.1 Å². The number of rotatable bonds is 2. The van der Waals surface area contributed by atoms with E-state index >= 15 is 0 Å². The smallest absolute Gasteiger partial charge is 0.403 e. The molecule has 1 aromatic carbocycles. The number of pyridine rings is 1. The van der Waals surface area contributed by atoms with E-state index in [4.69, 9.17) is 4.74 Å². The minimum atomic E-state index is -0.328. The van der Waals surface area contributed by atoms with Crippen molar-refractivity contribution in [3.63, 3.8) is 0 Å². The van der Waals surface area contributed by atoms with Crippen LogP contribution in [0.15, 0.2) is 48.7 Å². The Morgan fingerprint density at radius 2 is 1.82 bits per heavy atom. The number of aryl methyl sites for hydroxylation is 1. The minimum absolute atomic E-state index is 0.328. The van der Waals surface area contributed by atoms with E-state index in [9.17, 15) is 4.79 Å². The fraction of sp³-hybridized carbons (Fsp3) is 0.143. The average Bonchev–Trinajstić information content (AvgIpc) is 2.39. The molecule has 86 valence electrons. The van der Waals surface area contributed by atoms with E-state index in [-0.39, 0.29) is 5.97 Å². The first-order valence-corrected chi connectivity index (χ1v) is 5.36. The molecule has 1 aromatic heterocycles. The topological polar surface area (TPSA) is 30.2 Å². The lowest BCUT2D eigenvalue weighted by atomic mass is 10.1. The van der Waals surface area contributed by atoms with Gasteiger partial charge in [0.2, 0.25) is 0 Å². The molecule has 0 aliphatic carbocycles. The molecule has 2 aromatic rings. The van der Waals surface area contributed by atoms with E-state index in [1.54, 1.807) is 4.57 Å². The Morgan fingerprint density at radius 3 is 2.47 bits per heavy atom. The molecule has 0 atom stereocenters. The second-order valence-corrected chi connectivity index (χ2v) is 3.77. The van der Waals surface area contributed by atoms with Crippen molar-refractivity contribution < 1.29 is 14.1 Å². The van der Waals surface area contributed by atoms with Crippen LogP contribution in [0.4, 0.5) is 0 Å². The average molecular weight is 228 g/mol. The highest BCUT2D eigenvalue weighted by Gasteiger charge is 2.18. The minimum Gasteiger partial charge on any atom is -0.461 e. The van der Waals surface area contributed by atoms with Gasteiger partial charge in [-0.1, -0.05) is 30.3 Å². The van der Waals surface area contributed by atoms with Gasteiger partial charge in [0.25, 0.3) is 5.69 Å². The van der Waals surface area contributed by atoms with Gasteiger partial charge in [0.15, 0.2) is 6.20 Å². The summed E-state index contributed by atoms with van der Waals surface area (Å²) in [5.74, 6) is -0.328. The highest BCUT2D eigenvalue weighted by atomic mass is 16.5. The summed E-state index contributed by atoms with van der Waals surface area (Å²) in [4.78, 5) is 11.6. The van der Waals surface area contributed by atoms with Gasteiger partial charge in [0, 0.05) is 12.1 Å². The molecule has 0 amide bonds. The standard InChI is InChI=1S/C14H14NO2/c1-15-9-8-12(10-13(15)14(16)17-2)11-6-4-3-5-7-11/h3-10H,1-2H3/q+1. The molecule has 0 aliphatic heterocycles. The lowest BCUT2D eigenvalue weighted by molar-refractivity contribution is -0.674. The van der Waals surface area contributed by atoms with Gasteiger partial charge in [0.1, 0.15) is 7.05 Å². The molecule has 1 heterocycles. The molecule has 3 nitrogen and oxygen atoms in total. The first-order chi connectivity index (χ1) is 8.22. The molecule has 0 spiro atoms. The first-order valence-electron chi connectivity index (χ1n) is 5.36. The number of carbonyl (C=O) groups excluding carboxylic acids is 1. The number of aromatic nitrogens is 1. The van der Waals surface area contributed by atoms with E-state index in [1.165, 1.54) is 7.11 Å². The number of methoxy groups -OCH3 is 1. The number of esters is 1. The van der Waals surface area contributed by atoms with Crippen LogP contribution in [0.3, 0.4) is 0 Å². The molecule has 3 heteroatoms. The summed E-state index contributed by atoms with van der Waals surface area (Å²) in [6.07, 6.45) is 1.86. The summed E-state index contributed by atoms with van der Waals surface area (Å²) < 4.78 is 6.50. The van der Waals surface area contributed by atoms with Gasteiger partial charge < -0.3 is 4.74 Å². The van der Waals surface area contributed by atoms with Crippen LogP contribution in [0, 0.1) is 0 Å². The Morgan fingerprint density at radius 1 is 1.12 bits per heavy atom. The maximum absolute atomic E-state index is 11.6. The molecule has 17 heavy (non-hydrogen) atoms. The predicted octanol–water partition coefficient (Wildman–Crippen LogP) is 1.96. The van der Waals surface area contributed by atoms with E-state index in [1.807, 2.05) is 55.7 Å². The molecule has 0 saturated carbocycles. The van der Waals surface area contributed by atoms with Crippen LogP contribution in [-0.4, -0.2) is 13.1 Å². The quantitative estimate of drug-likeness (QED) is 0.581. The molecule has 0 aliphatic rings. The zero-order chi connectivity index (χ0) is 12.3. The number of benzene rings is 1. The van der Waals surface area contributed by atoms with Crippen molar-refractivity contribution in [1.29, 1.82) is 0 Å². The maximum Gasteiger partial charge on any atom is 0.403 e. The van der Waals surface area contributed by atoms with E-state index in [0.29, 0.717) is 5.69 Å². The van der Waals surface area contributed by atoms with Gasteiger partial charge in [-0.2, -0.15) is 4.57 Å². The fourth-order valence-corrected chi connectivity index (χ4v) is 1.69. The van der Waals surface area contributed by atoms with Crippen molar-refractivity contribution in [3.8, 4) is 11.1 Å². The molecule has 0 radical (unpaired) electrons. The van der Waals surface area contributed by atoms with Crippen molar-refractivity contribution in [2.45, 2.75) is 0 Å². The van der Waals surface area contributed by atoms with E-state index in [0.717, 1.165) is 11.1 Å². The van der Waals surface area contributed by atoms with Gasteiger partial charge in [-0.05, 0) is 11.1 Å². The van der Waals surface area contributed by atoms with Crippen LogP contribution < -0.4 is 4.57 Å². The van der Waals surface area contributed by atoms with Crippen LogP contribution in [0.5, 0.6) is 0 Å². The maximum atomic E-state index is 11.6.